The minimum Gasteiger partial charge on any atom is -0.396 e. The molecule has 0 aromatic carbocycles. The van der Waals surface area contributed by atoms with Crippen molar-refractivity contribution in [2.45, 2.75) is 26.4 Å². The Labute approximate surface area is 102 Å². The van der Waals surface area contributed by atoms with Gasteiger partial charge in [0.1, 0.15) is 0 Å². The molecule has 0 spiro atoms. The highest BCUT2D eigenvalue weighted by molar-refractivity contribution is 5.74. The topological polar surface area (TPSA) is 66.3 Å². The average Bonchev–Trinajstić information content (AvgIpc) is 2.80. The number of hydrogen-bond acceptors (Lipinski definition) is 2. The number of aliphatic hydroxyl groups excluding tert-OH is 1. The number of nitrogens with one attached hydrogen (secondary N) is 2. The van der Waals surface area contributed by atoms with Crippen molar-refractivity contribution in [3.05, 3.63) is 24.5 Å². The van der Waals surface area contributed by atoms with Crippen LogP contribution in [0, 0.1) is 5.92 Å². The van der Waals surface area contributed by atoms with Crippen LogP contribution in [0.5, 0.6) is 0 Å². The second-order valence-electron chi connectivity index (χ2n) is 4.27. The first-order valence-corrected chi connectivity index (χ1v) is 5.89. The van der Waals surface area contributed by atoms with Crippen LogP contribution in [0.2, 0.25) is 0 Å². The molecule has 96 valence electrons. The SMILES string of the molecule is CC(CO)C(C)NC(=O)NCCn1cccc1. The molecule has 1 aromatic rings. The summed E-state index contributed by atoms with van der Waals surface area (Å²) in [7, 11) is 0. The molecule has 0 aliphatic carbocycles. The summed E-state index contributed by atoms with van der Waals surface area (Å²) in [6.07, 6.45) is 3.91. The monoisotopic (exact) mass is 239 g/mol. The molecular formula is C12H21N3O2. The van der Waals surface area contributed by atoms with E-state index in [9.17, 15) is 4.79 Å². The summed E-state index contributed by atoms with van der Waals surface area (Å²) >= 11 is 0. The van der Waals surface area contributed by atoms with Crippen molar-refractivity contribution >= 4 is 6.03 Å². The maximum absolute atomic E-state index is 11.5. The van der Waals surface area contributed by atoms with E-state index in [1.54, 1.807) is 0 Å². The van der Waals surface area contributed by atoms with Crippen LogP contribution >= 0.6 is 0 Å². The third kappa shape index (κ3) is 4.91. The summed E-state index contributed by atoms with van der Waals surface area (Å²) in [5, 5.41) is 14.5. The highest BCUT2D eigenvalue weighted by atomic mass is 16.3. The van der Waals surface area contributed by atoms with Gasteiger partial charge in [0.05, 0.1) is 0 Å². The molecule has 0 fully saturated rings. The van der Waals surface area contributed by atoms with Crippen LogP contribution in [0.1, 0.15) is 13.8 Å². The molecule has 2 atom stereocenters. The second-order valence-corrected chi connectivity index (χ2v) is 4.27. The summed E-state index contributed by atoms with van der Waals surface area (Å²) in [6, 6.07) is 3.67. The van der Waals surface area contributed by atoms with Gasteiger partial charge in [0.25, 0.3) is 0 Å². The van der Waals surface area contributed by atoms with E-state index < -0.39 is 0 Å². The van der Waals surface area contributed by atoms with Crippen molar-refractivity contribution < 1.29 is 9.90 Å². The average molecular weight is 239 g/mol. The van der Waals surface area contributed by atoms with Gasteiger partial charge in [0.2, 0.25) is 0 Å². The summed E-state index contributed by atoms with van der Waals surface area (Å²) in [4.78, 5) is 11.5. The predicted octanol–water partition coefficient (Wildman–Crippen LogP) is 0.804. The number of urea groups is 1. The molecule has 2 unspecified atom stereocenters. The molecule has 0 saturated carbocycles. The predicted molar refractivity (Wildman–Crippen MR) is 66.7 cm³/mol. The Hall–Kier alpha value is -1.49. The Kier molecular flexibility index (Phi) is 5.56. The Morgan fingerprint density at radius 1 is 1.35 bits per heavy atom. The van der Waals surface area contributed by atoms with Gasteiger partial charge in [-0.15, -0.1) is 0 Å². The molecule has 5 heteroatoms. The van der Waals surface area contributed by atoms with Crippen molar-refractivity contribution in [2.75, 3.05) is 13.2 Å². The number of amides is 2. The smallest absolute Gasteiger partial charge is 0.315 e. The van der Waals surface area contributed by atoms with Crippen molar-refractivity contribution in [3.8, 4) is 0 Å². The van der Waals surface area contributed by atoms with Crippen LogP contribution < -0.4 is 10.6 Å². The lowest BCUT2D eigenvalue weighted by atomic mass is 10.1. The van der Waals surface area contributed by atoms with E-state index in [2.05, 4.69) is 10.6 Å². The second kappa shape index (κ2) is 6.96. The maximum atomic E-state index is 11.5. The molecule has 17 heavy (non-hydrogen) atoms. The molecule has 1 rings (SSSR count). The van der Waals surface area contributed by atoms with Crippen molar-refractivity contribution in [3.63, 3.8) is 0 Å². The molecule has 0 saturated heterocycles. The fourth-order valence-electron chi connectivity index (χ4n) is 1.38. The minimum absolute atomic E-state index is 0.0356. The van der Waals surface area contributed by atoms with Crippen molar-refractivity contribution in [2.24, 2.45) is 5.92 Å². The Balaban J connectivity index is 2.17. The molecular weight excluding hydrogens is 218 g/mol. The molecule has 1 heterocycles. The molecule has 5 nitrogen and oxygen atoms in total. The fourth-order valence-corrected chi connectivity index (χ4v) is 1.38. The van der Waals surface area contributed by atoms with Crippen molar-refractivity contribution in [1.82, 2.24) is 15.2 Å². The van der Waals surface area contributed by atoms with E-state index in [0.717, 1.165) is 6.54 Å². The summed E-state index contributed by atoms with van der Waals surface area (Å²) in [5.74, 6) is 0.0604. The zero-order valence-corrected chi connectivity index (χ0v) is 10.4. The van der Waals surface area contributed by atoms with E-state index in [0.29, 0.717) is 6.54 Å². The van der Waals surface area contributed by atoms with E-state index >= 15 is 0 Å². The van der Waals surface area contributed by atoms with Gasteiger partial charge < -0.3 is 20.3 Å². The summed E-state index contributed by atoms with van der Waals surface area (Å²) in [6.45, 7) is 5.19. The van der Waals surface area contributed by atoms with E-state index in [1.165, 1.54) is 0 Å². The van der Waals surface area contributed by atoms with Gasteiger partial charge >= 0.3 is 6.03 Å². The molecule has 3 N–H and O–H groups in total. The van der Waals surface area contributed by atoms with Crippen molar-refractivity contribution in [1.29, 1.82) is 0 Å². The Morgan fingerprint density at radius 2 is 2.00 bits per heavy atom. The number of rotatable bonds is 6. The number of nitrogens with zero attached hydrogens (tertiary/aromatic N) is 1. The zero-order chi connectivity index (χ0) is 12.7. The number of aromatic nitrogens is 1. The highest BCUT2D eigenvalue weighted by Gasteiger charge is 2.13. The summed E-state index contributed by atoms with van der Waals surface area (Å²) in [5.41, 5.74) is 0. The third-order valence-electron chi connectivity index (χ3n) is 2.82. The number of carbonyl (C=O) groups is 1. The van der Waals surface area contributed by atoms with E-state index in [4.69, 9.17) is 5.11 Å². The molecule has 2 amide bonds. The maximum Gasteiger partial charge on any atom is 0.315 e. The molecule has 0 radical (unpaired) electrons. The third-order valence-corrected chi connectivity index (χ3v) is 2.82. The van der Waals surface area contributed by atoms with Crippen LogP contribution in [0.15, 0.2) is 24.5 Å². The van der Waals surface area contributed by atoms with E-state index in [-0.39, 0.29) is 24.6 Å². The van der Waals surface area contributed by atoms with Gasteiger partial charge in [0, 0.05) is 38.1 Å². The molecule has 0 aliphatic heterocycles. The lowest BCUT2D eigenvalue weighted by molar-refractivity contribution is 0.200. The van der Waals surface area contributed by atoms with Crippen LogP contribution in [-0.2, 0) is 6.54 Å². The van der Waals surface area contributed by atoms with Crippen LogP contribution in [-0.4, -0.2) is 34.9 Å². The summed E-state index contributed by atoms with van der Waals surface area (Å²) < 4.78 is 2.00. The first kappa shape index (κ1) is 13.6. The molecule has 0 aliphatic rings. The lowest BCUT2D eigenvalue weighted by Crippen LogP contribution is -2.44. The number of hydrogen-bond donors (Lipinski definition) is 3. The van der Waals surface area contributed by atoms with Gasteiger partial charge in [-0.1, -0.05) is 6.92 Å². The fraction of sp³-hybridized carbons (Fsp3) is 0.583. The van der Waals surface area contributed by atoms with Crippen LogP contribution in [0.25, 0.3) is 0 Å². The number of aliphatic hydroxyl groups is 1. The highest BCUT2D eigenvalue weighted by Crippen LogP contribution is 1.99. The van der Waals surface area contributed by atoms with Gasteiger partial charge in [-0.3, -0.25) is 0 Å². The molecule has 0 bridgehead atoms. The van der Waals surface area contributed by atoms with Gasteiger partial charge in [-0.2, -0.15) is 0 Å². The van der Waals surface area contributed by atoms with Gasteiger partial charge in [-0.05, 0) is 25.0 Å². The normalized spacial score (nSPS) is 14.1. The first-order chi connectivity index (χ1) is 8.13. The standard InChI is InChI=1S/C12H21N3O2/c1-10(9-16)11(2)14-12(17)13-5-8-15-6-3-4-7-15/h3-4,6-7,10-11,16H,5,8-9H2,1-2H3,(H2,13,14,17). The van der Waals surface area contributed by atoms with Gasteiger partial charge in [0.15, 0.2) is 0 Å². The largest absolute Gasteiger partial charge is 0.396 e. The van der Waals surface area contributed by atoms with Gasteiger partial charge in [-0.25, -0.2) is 4.79 Å². The lowest BCUT2D eigenvalue weighted by Gasteiger charge is -2.19. The Bertz CT molecular complexity index is 325. The minimum atomic E-state index is -0.190. The van der Waals surface area contributed by atoms with Crippen LogP contribution in [0.4, 0.5) is 4.79 Å². The van der Waals surface area contributed by atoms with E-state index in [1.807, 2.05) is 42.9 Å². The Morgan fingerprint density at radius 3 is 2.59 bits per heavy atom. The number of carbonyl (C=O) groups excluding carboxylic acids is 1. The first-order valence-electron chi connectivity index (χ1n) is 5.89. The zero-order valence-electron chi connectivity index (χ0n) is 10.4. The van der Waals surface area contributed by atoms with Crippen LogP contribution in [0.3, 0.4) is 0 Å². The quantitative estimate of drug-likeness (QED) is 0.687. The molecule has 1 aromatic heterocycles.